The van der Waals surface area contributed by atoms with Crippen LogP contribution in [0.2, 0.25) is 5.02 Å². The molecule has 0 radical (unpaired) electrons. The molecule has 0 fully saturated rings. The molecule has 8 nitrogen and oxygen atoms in total. The van der Waals surface area contributed by atoms with E-state index in [0.29, 0.717) is 40.4 Å². The lowest BCUT2D eigenvalue weighted by Gasteiger charge is -2.20. The first-order chi connectivity index (χ1) is 18.4. The third-order valence-electron chi connectivity index (χ3n) is 5.98. The number of halogens is 1. The Morgan fingerprint density at radius 1 is 0.974 bits per heavy atom. The summed E-state index contributed by atoms with van der Waals surface area (Å²) in [6.07, 6.45) is 2.03. The van der Waals surface area contributed by atoms with E-state index in [-0.39, 0.29) is 24.8 Å². The maximum atomic E-state index is 13.1. The molecule has 4 aromatic rings. The summed E-state index contributed by atoms with van der Waals surface area (Å²) in [6.45, 7) is 2.14. The number of hydrogen-bond donors (Lipinski definition) is 1. The predicted octanol–water partition coefficient (Wildman–Crippen LogP) is 5.24. The van der Waals surface area contributed by atoms with E-state index in [0.717, 1.165) is 11.1 Å². The molecule has 0 atom stereocenters. The predicted molar refractivity (Wildman–Crippen MR) is 148 cm³/mol. The fraction of sp³-hybridized carbons (Fsp3) is 0.207. The van der Waals surface area contributed by atoms with Gasteiger partial charge >= 0.3 is 0 Å². The van der Waals surface area contributed by atoms with Crippen LogP contribution in [0.3, 0.4) is 0 Å². The van der Waals surface area contributed by atoms with Crippen molar-refractivity contribution in [2.24, 2.45) is 0 Å². The monoisotopic (exact) mass is 532 g/mol. The van der Waals surface area contributed by atoms with Gasteiger partial charge in [-0.15, -0.1) is 0 Å². The van der Waals surface area contributed by atoms with Crippen LogP contribution < -0.4 is 14.8 Å². The van der Waals surface area contributed by atoms with Gasteiger partial charge in [0.05, 0.1) is 38.6 Å². The van der Waals surface area contributed by atoms with Crippen LogP contribution in [0.25, 0.3) is 16.9 Å². The second kappa shape index (κ2) is 12.3. The lowest BCUT2D eigenvalue weighted by molar-refractivity contribution is -0.133. The minimum absolute atomic E-state index is 0.104. The van der Waals surface area contributed by atoms with E-state index in [1.54, 1.807) is 37.0 Å². The molecule has 0 saturated carbocycles. The van der Waals surface area contributed by atoms with Gasteiger partial charge in [0.2, 0.25) is 17.8 Å². The van der Waals surface area contributed by atoms with Gasteiger partial charge in [-0.1, -0.05) is 54.1 Å². The number of nitrogens with one attached hydrogen (secondary N) is 1. The molecular formula is C29H29ClN4O4. The minimum Gasteiger partial charge on any atom is -0.497 e. The number of ether oxygens (including phenoxy) is 2. The quantitative estimate of drug-likeness (QED) is 0.302. The average molecular weight is 533 g/mol. The molecule has 1 aromatic heterocycles. The van der Waals surface area contributed by atoms with Gasteiger partial charge in [-0.05, 0) is 24.6 Å². The smallest absolute Gasteiger partial charge is 0.246 e. The van der Waals surface area contributed by atoms with Crippen molar-refractivity contribution in [3.05, 3.63) is 89.6 Å². The molecule has 0 aliphatic carbocycles. The second-order valence-electron chi connectivity index (χ2n) is 8.52. The summed E-state index contributed by atoms with van der Waals surface area (Å²) in [4.78, 5) is 32.2. The first-order valence-corrected chi connectivity index (χ1v) is 12.5. The lowest BCUT2D eigenvalue weighted by Crippen LogP contribution is -2.39. The Bertz CT molecular complexity index is 1380. The van der Waals surface area contributed by atoms with Gasteiger partial charge in [-0.25, -0.2) is 4.98 Å². The van der Waals surface area contributed by atoms with E-state index < -0.39 is 0 Å². The number of rotatable bonds is 10. The van der Waals surface area contributed by atoms with Gasteiger partial charge in [-0.3, -0.25) is 19.5 Å². The lowest BCUT2D eigenvalue weighted by atomic mass is 10.1. The third kappa shape index (κ3) is 6.52. The molecular weight excluding hydrogens is 504 g/mol. The van der Waals surface area contributed by atoms with E-state index >= 15 is 0 Å². The van der Waals surface area contributed by atoms with Crippen molar-refractivity contribution < 1.29 is 19.1 Å². The number of carbonyl (C=O) groups is 2. The molecule has 0 aliphatic heterocycles. The third-order valence-corrected chi connectivity index (χ3v) is 6.23. The largest absolute Gasteiger partial charge is 0.497 e. The standard InChI is InChI=1S/C29H29ClN4O4/c1-4-33(28(36)14-20-8-6-5-7-9-20)19-27(35)32-29-31-26(21-10-12-22(30)13-11-21)18-34(29)23-15-24(37-2)17-25(16-23)38-3/h5-13,15-18H,4,14,19H2,1-3H3,(H,31,32,35). The number of benzene rings is 3. The SMILES string of the molecule is CCN(CC(=O)Nc1nc(-c2ccc(Cl)cc2)cn1-c1cc(OC)cc(OC)c1)C(=O)Cc1ccccc1. The van der Waals surface area contributed by atoms with Gasteiger partial charge in [0, 0.05) is 41.5 Å². The van der Waals surface area contributed by atoms with Crippen LogP contribution in [-0.2, 0) is 16.0 Å². The first-order valence-electron chi connectivity index (χ1n) is 12.1. The van der Waals surface area contributed by atoms with Gasteiger partial charge in [0.15, 0.2) is 0 Å². The molecule has 2 amide bonds. The molecule has 0 spiro atoms. The molecule has 3 aromatic carbocycles. The van der Waals surface area contributed by atoms with Gasteiger partial charge < -0.3 is 14.4 Å². The van der Waals surface area contributed by atoms with Crippen LogP contribution in [0.1, 0.15) is 12.5 Å². The highest BCUT2D eigenvalue weighted by atomic mass is 35.5. The van der Waals surface area contributed by atoms with Crippen molar-refractivity contribution in [1.82, 2.24) is 14.5 Å². The molecule has 38 heavy (non-hydrogen) atoms. The molecule has 9 heteroatoms. The number of carbonyl (C=O) groups excluding carboxylic acids is 2. The van der Waals surface area contributed by atoms with Crippen LogP contribution in [0.4, 0.5) is 5.95 Å². The van der Waals surface area contributed by atoms with Crippen molar-refractivity contribution in [2.45, 2.75) is 13.3 Å². The second-order valence-corrected chi connectivity index (χ2v) is 8.95. The highest BCUT2D eigenvalue weighted by Crippen LogP contribution is 2.30. The van der Waals surface area contributed by atoms with E-state index in [1.807, 2.05) is 67.7 Å². The molecule has 0 bridgehead atoms. The zero-order chi connectivity index (χ0) is 27.1. The zero-order valence-electron chi connectivity index (χ0n) is 21.5. The summed E-state index contributed by atoms with van der Waals surface area (Å²) in [7, 11) is 3.14. The number of aromatic nitrogens is 2. The molecule has 0 saturated heterocycles. The number of anilines is 1. The highest BCUT2D eigenvalue weighted by Gasteiger charge is 2.19. The Labute approximate surface area is 226 Å². The molecule has 0 unspecified atom stereocenters. The first kappa shape index (κ1) is 26.8. The summed E-state index contributed by atoms with van der Waals surface area (Å²) >= 11 is 6.06. The number of methoxy groups -OCH3 is 2. The van der Waals surface area contributed by atoms with Crippen LogP contribution in [0.15, 0.2) is 79.0 Å². The van der Waals surface area contributed by atoms with E-state index in [4.69, 9.17) is 21.1 Å². The molecule has 1 heterocycles. The van der Waals surface area contributed by atoms with Gasteiger partial charge in [-0.2, -0.15) is 0 Å². The Balaban J connectivity index is 1.62. The van der Waals surface area contributed by atoms with E-state index in [2.05, 4.69) is 10.3 Å². The number of nitrogens with zero attached hydrogens (tertiary/aromatic N) is 3. The number of hydrogen-bond acceptors (Lipinski definition) is 5. The normalized spacial score (nSPS) is 10.6. The van der Waals surface area contributed by atoms with E-state index in [9.17, 15) is 9.59 Å². The maximum Gasteiger partial charge on any atom is 0.246 e. The Morgan fingerprint density at radius 2 is 1.63 bits per heavy atom. The fourth-order valence-corrected chi connectivity index (χ4v) is 4.08. The van der Waals surface area contributed by atoms with Gasteiger partial charge in [0.25, 0.3) is 0 Å². The van der Waals surface area contributed by atoms with E-state index in [1.165, 1.54) is 4.90 Å². The van der Waals surface area contributed by atoms with Crippen molar-refractivity contribution in [3.8, 4) is 28.4 Å². The summed E-state index contributed by atoms with van der Waals surface area (Å²) < 4.78 is 12.6. The summed E-state index contributed by atoms with van der Waals surface area (Å²) in [5.41, 5.74) is 3.03. The minimum atomic E-state index is -0.363. The van der Waals surface area contributed by atoms with Crippen LogP contribution in [0.5, 0.6) is 11.5 Å². The topological polar surface area (TPSA) is 85.7 Å². The maximum absolute atomic E-state index is 13.1. The Hall–Kier alpha value is -4.30. The molecule has 196 valence electrons. The van der Waals surface area contributed by atoms with Gasteiger partial charge in [0.1, 0.15) is 11.5 Å². The highest BCUT2D eigenvalue weighted by molar-refractivity contribution is 6.30. The number of amides is 2. The summed E-state index contributed by atoms with van der Waals surface area (Å²) in [5, 5.41) is 3.49. The molecule has 0 aliphatic rings. The van der Waals surface area contributed by atoms with Crippen LogP contribution in [-0.4, -0.2) is 53.6 Å². The Kier molecular flexibility index (Phi) is 8.66. The Morgan fingerprint density at radius 3 is 2.24 bits per heavy atom. The molecule has 1 N–H and O–H groups in total. The van der Waals surface area contributed by atoms with Crippen molar-refractivity contribution in [3.63, 3.8) is 0 Å². The summed E-state index contributed by atoms with van der Waals surface area (Å²) in [5.74, 6) is 0.972. The number of imidazole rings is 1. The van der Waals surface area contributed by atoms with Crippen molar-refractivity contribution in [2.75, 3.05) is 32.6 Å². The van der Waals surface area contributed by atoms with Crippen LogP contribution >= 0.6 is 11.6 Å². The fourth-order valence-electron chi connectivity index (χ4n) is 3.95. The zero-order valence-corrected chi connectivity index (χ0v) is 22.2. The van der Waals surface area contributed by atoms with Crippen molar-refractivity contribution >= 4 is 29.4 Å². The average Bonchev–Trinajstić information content (AvgIpc) is 3.35. The summed E-state index contributed by atoms with van der Waals surface area (Å²) in [6, 6.07) is 22.1. The molecule has 4 rings (SSSR count). The van der Waals surface area contributed by atoms with Crippen molar-refractivity contribution in [1.29, 1.82) is 0 Å². The number of likely N-dealkylation sites (N-methyl/N-ethyl adjacent to an activating group) is 1. The van der Waals surface area contributed by atoms with Crippen LogP contribution in [0, 0.1) is 0 Å².